The molecular weight excluding hydrogens is 922 g/mol. The standard InChI is InChI=1S/C62H76ClNO8/c1-3-5-7-9-11-13-15-17-19-21-42-69-59-40-34-51(45-57(59)63)28-26-49-30-36-55(37-31-49)61(65)71-47-53-24-23-25-54(44-53)48-72-62(66)56-38-32-50(33-39-56)27-29-52-35-41-60(58(46-52)64(67)68)70-43-22-20-18-16-14-12-10-8-6-4-2/h23-41,44-46H,3-22,42-43,47-48H2,1-2H3/b28-26+,29-27+. The van der Waals surface area contributed by atoms with Gasteiger partial charge in [0.2, 0.25) is 0 Å². The number of hydrogen-bond acceptors (Lipinski definition) is 8. The van der Waals surface area contributed by atoms with E-state index in [0.29, 0.717) is 40.7 Å². The van der Waals surface area contributed by atoms with Gasteiger partial charge in [-0.15, -0.1) is 0 Å². The Labute approximate surface area is 434 Å². The van der Waals surface area contributed by atoms with E-state index in [9.17, 15) is 19.7 Å². The third kappa shape index (κ3) is 21.7. The van der Waals surface area contributed by atoms with Crippen LogP contribution in [0.4, 0.5) is 5.69 Å². The van der Waals surface area contributed by atoms with Gasteiger partial charge in [0.05, 0.1) is 34.3 Å². The molecule has 0 amide bonds. The molecule has 0 heterocycles. The molecule has 0 radical (unpaired) electrons. The highest BCUT2D eigenvalue weighted by molar-refractivity contribution is 6.32. The van der Waals surface area contributed by atoms with Crippen molar-refractivity contribution in [2.45, 2.75) is 155 Å². The van der Waals surface area contributed by atoms with Crippen LogP contribution in [-0.2, 0) is 22.7 Å². The van der Waals surface area contributed by atoms with Crippen LogP contribution in [0.5, 0.6) is 11.5 Å². The molecule has 0 saturated heterocycles. The molecule has 72 heavy (non-hydrogen) atoms. The molecule has 5 aromatic rings. The van der Waals surface area contributed by atoms with E-state index in [0.717, 1.165) is 53.5 Å². The lowest BCUT2D eigenvalue weighted by molar-refractivity contribution is -0.385. The summed E-state index contributed by atoms with van der Waals surface area (Å²) < 4.78 is 23.0. The predicted molar refractivity (Wildman–Crippen MR) is 295 cm³/mol. The molecular formula is C62H76ClNO8. The molecule has 0 spiro atoms. The molecule has 0 unspecified atom stereocenters. The van der Waals surface area contributed by atoms with Crippen molar-refractivity contribution in [2.75, 3.05) is 13.2 Å². The molecule has 0 saturated carbocycles. The first-order valence-corrected chi connectivity index (χ1v) is 26.9. The largest absolute Gasteiger partial charge is 0.492 e. The number of unbranched alkanes of at least 4 members (excludes halogenated alkanes) is 18. The molecule has 5 rings (SSSR count). The van der Waals surface area contributed by atoms with E-state index in [1.54, 1.807) is 54.6 Å². The van der Waals surface area contributed by atoms with Crippen molar-refractivity contribution in [3.05, 3.63) is 169 Å². The zero-order valence-electron chi connectivity index (χ0n) is 42.8. The van der Waals surface area contributed by atoms with Gasteiger partial charge in [0.1, 0.15) is 19.0 Å². The molecule has 0 bridgehead atoms. The van der Waals surface area contributed by atoms with Crippen LogP contribution in [0.2, 0.25) is 5.02 Å². The zero-order chi connectivity index (χ0) is 51.0. The number of benzene rings is 5. The van der Waals surface area contributed by atoms with Gasteiger partial charge in [0, 0.05) is 6.07 Å². The monoisotopic (exact) mass is 998 g/mol. The van der Waals surface area contributed by atoms with Crippen molar-refractivity contribution in [1.82, 2.24) is 0 Å². The fourth-order valence-electron chi connectivity index (χ4n) is 8.30. The lowest BCUT2D eigenvalue weighted by Gasteiger charge is -2.09. The number of nitro benzene ring substituents is 1. The first kappa shape index (κ1) is 56.7. The number of halogens is 1. The summed E-state index contributed by atoms with van der Waals surface area (Å²) in [5.41, 5.74) is 5.62. The molecule has 9 nitrogen and oxygen atoms in total. The topological polar surface area (TPSA) is 114 Å². The van der Waals surface area contributed by atoms with Crippen molar-refractivity contribution in [3.8, 4) is 11.5 Å². The maximum atomic E-state index is 12.9. The number of esters is 2. The lowest BCUT2D eigenvalue weighted by atomic mass is 10.1. The molecule has 384 valence electrons. The molecule has 0 atom stereocenters. The summed E-state index contributed by atoms with van der Waals surface area (Å²) in [7, 11) is 0. The second-order valence-corrected chi connectivity index (χ2v) is 19.0. The number of nitro groups is 1. The summed E-state index contributed by atoms with van der Waals surface area (Å²) in [6.45, 7) is 5.70. The maximum absolute atomic E-state index is 12.9. The Morgan fingerprint density at radius 2 is 0.847 bits per heavy atom. The molecule has 0 aromatic heterocycles. The van der Waals surface area contributed by atoms with Crippen molar-refractivity contribution in [1.29, 1.82) is 0 Å². The summed E-state index contributed by atoms with van der Waals surface area (Å²) in [6, 6.07) is 32.3. The molecule has 10 heteroatoms. The number of rotatable bonds is 35. The van der Waals surface area contributed by atoms with E-state index >= 15 is 0 Å². The molecule has 5 aromatic carbocycles. The number of carbonyl (C=O) groups excluding carboxylic acids is 2. The summed E-state index contributed by atoms with van der Waals surface area (Å²) in [6.07, 6.45) is 32.5. The Bertz CT molecular complexity index is 2440. The normalized spacial score (nSPS) is 11.3. The first-order chi connectivity index (χ1) is 35.2. The van der Waals surface area contributed by atoms with E-state index in [1.807, 2.05) is 72.8 Å². The highest BCUT2D eigenvalue weighted by atomic mass is 35.5. The van der Waals surface area contributed by atoms with Gasteiger partial charge in [-0.25, -0.2) is 9.59 Å². The van der Waals surface area contributed by atoms with Crippen molar-refractivity contribution in [2.24, 2.45) is 0 Å². The van der Waals surface area contributed by atoms with Crippen LogP contribution in [0.25, 0.3) is 24.3 Å². The number of ether oxygens (including phenoxy) is 4. The van der Waals surface area contributed by atoms with Gasteiger partial charge in [-0.1, -0.05) is 220 Å². The SMILES string of the molecule is CCCCCCCCCCCCOc1ccc(/C=C/c2ccc(C(=O)OCc3cccc(COC(=O)c4ccc(/C=C/c5ccc(OCCCCCCCCCCCC)c([N+](=O)[O-])c5)cc4)c3)cc2)cc1Cl. The lowest BCUT2D eigenvalue weighted by Crippen LogP contribution is -2.07. The predicted octanol–water partition coefficient (Wildman–Crippen LogP) is 17.9. The van der Waals surface area contributed by atoms with Gasteiger partial charge >= 0.3 is 17.6 Å². The van der Waals surface area contributed by atoms with Crippen LogP contribution in [0.1, 0.15) is 196 Å². The highest BCUT2D eigenvalue weighted by Gasteiger charge is 2.16. The average Bonchev–Trinajstić information content (AvgIpc) is 3.40. The maximum Gasteiger partial charge on any atom is 0.338 e. The minimum absolute atomic E-state index is 0.0402. The van der Waals surface area contributed by atoms with Gasteiger partial charge in [-0.2, -0.15) is 0 Å². The highest BCUT2D eigenvalue weighted by Crippen LogP contribution is 2.30. The van der Waals surface area contributed by atoms with E-state index in [1.165, 1.54) is 109 Å². The van der Waals surface area contributed by atoms with Crippen LogP contribution in [0, 0.1) is 10.1 Å². The Kier molecular flexibility index (Phi) is 26.4. The van der Waals surface area contributed by atoms with Crippen LogP contribution in [0.3, 0.4) is 0 Å². The Balaban J connectivity index is 0.985. The van der Waals surface area contributed by atoms with E-state index in [-0.39, 0.29) is 24.7 Å². The van der Waals surface area contributed by atoms with Gasteiger partial charge in [-0.3, -0.25) is 10.1 Å². The zero-order valence-corrected chi connectivity index (χ0v) is 43.5. The van der Waals surface area contributed by atoms with Gasteiger partial charge < -0.3 is 18.9 Å². The van der Waals surface area contributed by atoms with Crippen molar-refractivity contribution in [3.63, 3.8) is 0 Å². The average molecular weight is 999 g/mol. The smallest absolute Gasteiger partial charge is 0.338 e. The van der Waals surface area contributed by atoms with E-state index < -0.39 is 16.9 Å². The molecule has 0 aliphatic rings. The van der Waals surface area contributed by atoms with E-state index in [4.69, 9.17) is 30.5 Å². The molecule has 0 fully saturated rings. The van der Waals surface area contributed by atoms with Crippen LogP contribution in [-0.4, -0.2) is 30.1 Å². The summed E-state index contributed by atoms with van der Waals surface area (Å²) in [5, 5.41) is 12.4. The van der Waals surface area contributed by atoms with Crippen LogP contribution >= 0.6 is 11.6 Å². The minimum Gasteiger partial charge on any atom is -0.492 e. The molecule has 0 aliphatic carbocycles. The Morgan fingerprint density at radius 1 is 0.472 bits per heavy atom. The van der Waals surface area contributed by atoms with Crippen LogP contribution < -0.4 is 9.47 Å². The number of hydrogen-bond donors (Lipinski definition) is 0. The third-order valence-electron chi connectivity index (χ3n) is 12.6. The molecule has 0 aliphatic heterocycles. The quantitative estimate of drug-likeness (QED) is 0.0130. The number of carbonyl (C=O) groups is 2. The second kappa shape index (κ2) is 33.5. The first-order valence-electron chi connectivity index (χ1n) is 26.5. The second-order valence-electron chi connectivity index (χ2n) is 18.6. The van der Waals surface area contributed by atoms with Crippen LogP contribution in [0.15, 0.2) is 109 Å². The van der Waals surface area contributed by atoms with Crippen molar-refractivity contribution >= 4 is 53.5 Å². The van der Waals surface area contributed by atoms with Crippen molar-refractivity contribution < 1.29 is 33.5 Å². The van der Waals surface area contributed by atoms with E-state index in [2.05, 4.69) is 13.8 Å². The minimum atomic E-state index is -0.481. The fourth-order valence-corrected chi connectivity index (χ4v) is 8.55. The third-order valence-corrected chi connectivity index (χ3v) is 12.9. The summed E-state index contributed by atoms with van der Waals surface area (Å²) in [4.78, 5) is 37.3. The summed E-state index contributed by atoms with van der Waals surface area (Å²) in [5.74, 6) is 0.0497. The van der Waals surface area contributed by atoms with Gasteiger partial charge in [0.15, 0.2) is 5.75 Å². The Hall–Kier alpha value is -6.19. The van der Waals surface area contributed by atoms with Gasteiger partial charge in [-0.05, 0) is 94.8 Å². The van der Waals surface area contributed by atoms with Gasteiger partial charge in [0.25, 0.3) is 0 Å². The Morgan fingerprint density at radius 3 is 1.28 bits per heavy atom. The number of nitrogens with zero attached hydrogens (tertiary/aromatic N) is 1. The summed E-state index contributed by atoms with van der Waals surface area (Å²) >= 11 is 6.55. The molecule has 0 N–H and O–H groups in total. The fraction of sp³-hybridized carbons (Fsp3) is 0.419.